The first-order valence-electron chi connectivity index (χ1n) is 8.63. The summed E-state index contributed by atoms with van der Waals surface area (Å²) in [5.74, 6) is -0.932. The first-order chi connectivity index (χ1) is 11.7. The van der Waals surface area contributed by atoms with Gasteiger partial charge in [0.1, 0.15) is 12.2 Å². The van der Waals surface area contributed by atoms with Crippen LogP contribution in [0.2, 0.25) is 0 Å². The van der Waals surface area contributed by atoms with Crippen LogP contribution in [0.15, 0.2) is 35.5 Å². The van der Waals surface area contributed by atoms with Gasteiger partial charge in [-0.3, -0.25) is 14.4 Å². The highest BCUT2D eigenvalue weighted by molar-refractivity contribution is 6.00. The van der Waals surface area contributed by atoms with Gasteiger partial charge in [0.15, 0.2) is 5.78 Å². The van der Waals surface area contributed by atoms with Crippen molar-refractivity contribution in [1.82, 2.24) is 0 Å². The van der Waals surface area contributed by atoms with Crippen molar-refractivity contribution < 1.29 is 23.9 Å². The highest BCUT2D eigenvalue weighted by Gasteiger charge is 2.55. The molecule has 5 nitrogen and oxygen atoms in total. The molecule has 0 bridgehead atoms. The average Bonchev–Trinajstić information content (AvgIpc) is 2.78. The molecule has 136 valence electrons. The van der Waals surface area contributed by atoms with Gasteiger partial charge in [0.2, 0.25) is 0 Å². The summed E-state index contributed by atoms with van der Waals surface area (Å²) in [6.45, 7) is 7.41. The molecule has 25 heavy (non-hydrogen) atoms. The predicted octanol–water partition coefficient (Wildman–Crippen LogP) is 3.44. The van der Waals surface area contributed by atoms with Gasteiger partial charge in [0, 0.05) is 13.3 Å². The van der Waals surface area contributed by atoms with E-state index in [9.17, 15) is 14.4 Å². The molecule has 0 saturated carbocycles. The molecule has 0 aromatic carbocycles. The van der Waals surface area contributed by atoms with Crippen LogP contribution in [0.5, 0.6) is 0 Å². The van der Waals surface area contributed by atoms with Crippen LogP contribution < -0.4 is 0 Å². The van der Waals surface area contributed by atoms with Gasteiger partial charge in [-0.05, 0) is 51.8 Å². The fourth-order valence-electron chi connectivity index (χ4n) is 3.38. The molecule has 0 aromatic rings. The minimum absolute atomic E-state index is 0.0242. The van der Waals surface area contributed by atoms with Gasteiger partial charge in [0.05, 0.1) is 11.8 Å². The standard InChI is InChI=1S/C20H26O5/c1-13(2)6-5-7-14(3)10-18-20(12-19(23)25-18)11-16(24-15(4)21)8-9-17(20)22/h6,8-10,16,18H,5,7,11-12H2,1-4H3/t16-,18-,20?/m1/s1. The van der Waals surface area contributed by atoms with Crippen molar-refractivity contribution in [2.45, 2.75) is 65.6 Å². The summed E-state index contributed by atoms with van der Waals surface area (Å²) in [6.07, 6.45) is 7.96. The van der Waals surface area contributed by atoms with Gasteiger partial charge in [-0.25, -0.2) is 0 Å². The van der Waals surface area contributed by atoms with E-state index >= 15 is 0 Å². The number of carbonyl (C=O) groups is 3. The molecule has 2 rings (SSSR count). The smallest absolute Gasteiger partial charge is 0.307 e. The van der Waals surface area contributed by atoms with E-state index in [2.05, 4.69) is 19.9 Å². The third-order valence-electron chi connectivity index (χ3n) is 4.63. The maximum Gasteiger partial charge on any atom is 0.307 e. The predicted molar refractivity (Wildman–Crippen MR) is 93.7 cm³/mol. The largest absolute Gasteiger partial charge is 0.458 e. The SMILES string of the molecule is CC(=O)O[C@@H]1C=CC(=O)C2(CC(=O)O[C@@H]2C=C(C)CCC=C(C)C)C1. The molecule has 0 radical (unpaired) electrons. The number of rotatable bonds is 5. The van der Waals surface area contributed by atoms with Crippen LogP contribution in [0.3, 0.4) is 0 Å². The molecule has 1 aliphatic heterocycles. The van der Waals surface area contributed by atoms with E-state index in [4.69, 9.17) is 9.47 Å². The molecule has 0 N–H and O–H groups in total. The quantitative estimate of drug-likeness (QED) is 0.563. The molecular formula is C20H26O5. The fourth-order valence-corrected chi connectivity index (χ4v) is 3.38. The zero-order chi connectivity index (χ0) is 18.6. The summed E-state index contributed by atoms with van der Waals surface area (Å²) in [5.41, 5.74) is 1.36. The van der Waals surface area contributed by atoms with Crippen molar-refractivity contribution in [3.63, 3.8) is 0 Å². The van der Waals surface area contributed by atoms with Gasteiger partial charge >= 0.3 is 11.9 Å². The Labute approximate surface area is 148 Å². The highest BCUT2D eigenvalue weighted by Crippen LogP contribution is 2.45. The van der Waals surface area contributed by atoms with Crippen molar-refractivity contribution in [2.75, 3.05) is 0 Å². The van der Waals surface area contributed by atoms with Crippen LogP contribution in [0.1, 0.15) is 53.4 Å². The molecular weight excluding hydrogens is 320 g/mol. The molecule has 2 aliphatic rings. The van der Waals surface area contributed by atoms with Gasteiger partial charge in [0.25, 0.3) is 0 Å². The Morgan fingerprint density at radius 1 is 1.32 bits per heavy atom. The number of ether oxygens (including phenoxy) is 2. The van der Waals surface area contributed by atoms with Crippen molar-refractivity contribution in [1.29, 1.82) is 0 Å². The van der Waals surface area contributed by atoms with Crippen molar-refractivity contribution >= 4 is 17.7 Å². The lowest BCUT2D eigenvalue weighted by Crippen LogP contribution is -2.43. The first kappa shape index (κ1) is 19.2. The van der Waals surface area contributed by atoms with E-state index in [0.29, 0.717) is 0 Å². The Morgan fingerprint density at radius 3 is 2.68 bits per heavy atom. The number of ketones is 1. The fraction of sp³-hybridized carbons (Fsp3) is 0.550. The second kappa shape index (κ2) is 7.81. The van der Waals surface area contributed by atoms with Gasteiger partial charge in [-0.15, -0.1) is 0 Å². The van der Waals surface area contributed by atoms with Crippen LogP contribution >= 0.6 is 0 Å². The Bertz CT molecular complexity index is 651. The van der Waals surface area contributed by atoms with Crippen LogP contribution in [-0.4, -0.2) is 29.9 Å². The molecule has 1 fully saturated rings. The van der Waals surface area contributed by atoms with Crippen molar-refractivity contribution in [3.8, 4) is 0 Å². The first-order valence-corrected chi connectivity index (χ1v) is 8.63. The lowest BCUT2D eigenvalue weighted by Gasteiger charge is -2.34. The molecule has 5 heteroatoms. The Balaban J connectivity index is 2.20. The maximum absolute atomic E-state index is 12.6. The second-order valence-electron chi connectivity index (χ2n) is 7.15. The van der Waals surface area contributed by atoms with Crippen molar-refractivity contribution in [3.05, 3.63) is 35.5 Å². The third kappa shape index (κ3) is 4.68. The van der Waals surface area contributed by atoms with Crippen LogP contribution in [0.4, 0.5) is 0 Å². The number of cyclic esters (lactones) is 1. The normalized spacial score (nSPS) is 28.9. The van der Waals surface area contributed by atoms with Crippen LogP contribution in [0.25, 0.3) is 0 Å². The summed E-state index contributed by atoms with van der Waals surface area (Å²) in [4.78, 5) is 35.8. The lowest BCUT2D eigenvalue weighted by molar-refractivity contribution is -0.148. The third-order valence-corrected chi connectivity index (χ3v) is 4.63. The minimum Gasteiger partial charge on any atom is -0.458 e. The van der Waals surface area contributed by atoms with Crippen LogP contribution in [0, 0.1) is 5.41 Å². The average molecular weight is 346 g/mol. The van der Waals surface area contributed by atoms with E-state index in [1.54, 1.807) is 6.08 Å². The van der Waals surface area contributed by atoms with E-state index in [0.717, 1.165) is 18.4 Å². The molecule has 1 heterocycles. The number of hydrogen-bond acceptors (Lipinski definition) is 5. The number of allylic oxidation sites excluding steroid dienone is 4. The summed E-state index contributed by atoms with van der Waals surface area (Å²) in [7, 11) is 0. The van der Waals surface area contributed by atoms with E-state index in [1.807, 2.05) is 13.0 Å². The highest BCUT2D eigenvalue weighted by atomic mass is 16.6. The monoisotopic (exact) mass is 346 g/mol. The van der Waals surface area contributed by atoms with E-state index in [-0.39, 0.29) is 24.6 Å². The number of esters is 2. The topological polar surface area (TPSA) is 69.7 Å². The molecule has 1 spiro atoms. The molecule has 3 atom stereocenters. The number of carbonyl (C=O) groups excluding carboxylic acids is 3. The van der Waals surface area contributed by atoms with E-state index < -0.39 is 23.6 Å². The van der Waals surface area contributed by atoms with E-state index in [1.165, 1.54) is 18.6 Å². The zero-order valence-corrected chi connectivity index (χ0v) is 15.3. The van der Waals surface area contributed by atoms with Gasteiger partial charge in [-0.1, -0.05) is 17.2 Å². The Kier molecular flexibility index (Phi) is 5.98. The molecule has 1 unspecified atom stereocenters. The summed E-state index contributed by atoms with van der Waals surface area (Å²) in [6, 6.07) is 0. The Morgan fingerprint density at radius 2 is 2.04 bits per heavy atom. The van der Waals surface area contributed by atoms with Crippen molar-refractivity contribution in [2.24, 2.45) is 5.41 Å². The molecule has 1 saturated heterocycles. The molecule has 0 amide bonds. The number of hydrogen-bond donors (Lipinski definition) is 0. The zero-order valence-electron chi connectivity index (χ0n) is 15.3. The minimum atomic E-state index is -0.969. The van der Waals surface area contributed by atoms with Crippen LogP contribution in [-0.2, 0) is 23.9 Å². The maximum atomic E-state index is 12.6. The summed E-state index contributed by atoms with van der Waals surface area (Å²) >= 11 is 0. The molecule has 0 aromatic heterocycles. The lowest BCUT2D eigenvalue weighted by atomic mass is 9.69. The van der Waals surface area contributed by atoms with Gasteiger partial charge in [-0.2, -0.15) is 0 Å². The summed E-state index contributed by atoms with van der Waals surface area (Å²) in [5, 5.41) is 0. The summed E-state index contributed by atoms with van der Waals surface area (Å²) < 4.78 is 10.7. The second-order valence-corrected chi connectivity index (χ2v) is 7.15. The van der Waals surface area contributed by atoms with Gasteiger partial charge < -0.3 is 9.47 Å². The molecule has 1 aliphatic carbocycles. The Hall–Kier alpha value is -2.17.